The van der Waals surface area contributed by atoms with Gasteiger partial charge in [-0.1, -0.05) is 6.07 Å². The minimum atomic E-state index is -4.48. The van der Waals surface area contributed by atoms with Crippen LogP contribution in [0.2, 0.25) is 0 Å². The van der Waals surface area contributed by atoms with Gasteiger partial charge in [-0.05, 0) is 31.0 Å². The zero-order valence-electron chi connectivity index (χ0n) is 15.9. The van der Waals surface area contributed by atoms with E-state index < -0.39 is 17.8 Å². The Kier molecular flexibility index (Phi) is 5.56. The van der Waals surface area contributed by atoms with Crippen LogP contribution in [-0.2, 0) is 15.7 Å². The predicted molar refractivity (Wildman–Crippen MR) is 96.7 cm³/mol. The van der Waals surface area contributed by atoms with Crippen molar-refractivity contribution in [1.29, 1.82) is 0 Å². The quantitative estimate of drug-likeness (QED) is 0.832. The first-order chi connectivity index (χ1) is 13.1. The molecule has 0 saturated carbocycles. The Morgan fingerprint density at radius 3 is 2.54 bits per heavy atom. The van der Waals surface area contributed by atoms with Crippen LogP contribution in [-0.4, -0.2) is 62.1 Å². The topological polar surface area (TPSA) is 61.9 Å². The monoisotopic (exact) mass is 399 g/mol. The van der Waals surface area contributed by atoms with E-state index in [9.17, 15) is 22.8 Å². The molecule has 1 aromatic carbocycles. The van der Waals surface area contributed by atoms with Crippen molar-refractivity contribution < 1.29 is 27.5 Å². The van der Waals surface area contributed by atoms with Crippen molar-refractivity contribution in [2.24, 2.45) is 11.3 Å². The number of carbonyl (C=O) groups is 2. The number of halogens is 3. The van der Waals surface area contributed by atoms with Crippen LogP contribution in [0.3, 0.4) is 0 Å². The first kappa shape index (κ1) is 20.4. The summed E-state index contributed by atoms with van der Waals surface area (Å²) in [5, 5.41) is 2.54. The van der Waals surface area contributed by atoms with Crippen molar-refractivity contribution in [1.82, 2.24) is 9.80 Å². The van der Waals surface area contributed by atoms with Gasteiger partial charge >= 0.3 is 12.2 Å². The second-order valence-corrected chi connectivity index (χ2v) is 7.65. The molecule has 2 aliphatic heterocycles. The molecule has 0 bridgehead atoms. The fraction of sp³-hybridized carbons (Fsp3) is 0.579. The number of amides is 3. The highest BCUT2D eigenvalue weighted by atomic mass is 19.4. The van der Waals surface area contributed by atoms with Gasteiger partial charge in [0.1, 0.15) is 0 Å². The lowest BCUT2D eigenvalue weighted by molar-refractivity contribution is -0.138. The maximum absolute atomic E-state index is 12.9. The van der Waals surface area contributed by atoms with Gasteiger partial charge in [0.15, 0.2) is 0 Å². The zero-order valence-corrected chi connectivity index (χ0v) is 15.9. The molecule has 9 heteroatoms. The van der Waals surface area contributed by atoms with E-state index in [0.717, 1.165) is 12.1 Å². The molecule has 0 aromatic heterocycles. The number of ether oxygens (including phenoxy) is 1. The summed E-state index contributed by atoms with van der Waals surface area (Å²) in [6.07, 6.45) is -3.14. The molecule has 3 rings (SSSR count). The maximum Gasteiger partial charge on any atom is 0.416 e. The summed E-state index contributed by atoms with van der Waals surface area (Å²) in [4.78, 5) is 28.5. The summed E-state index contributed by atoms with van der Waals surface area (Å²) in [7, 11) is 3.36. The number of hydrogen-bond acceptors (Lipinski definition) is 3. The Morgan fingerprint density at radius 2 is 1.93 bits per heavy atom. The van der Waals surface area contributed by atoms with Crippen LogP contribution >= 0.6 is 0 Å². The smallest absolute Gasteiger partial charge is 0.381 e. The van der Waals surface area contributed by atoms with Gasteiger partial charge in [-0.3, -0.25) is 4.79 Å². The number of rotatable bonds is 2. The van der Waals surface area contributed by atoms with Gasteiger partial charge in [0, 0.05) is 51.5 Å². The summed E-state index contributed by atoms with van der Waals surface area (Å²) in [5.41, 5.74) is -1.11. The summed E-state index contributed by atoms with van der Waals surface area (Å²) in [6.45, 7) is 1.67. The fourth-order valence-electron chi connectivity index (χ4n) is 4.04. The first-order valence-electron chi connectivity index (χ1n) is 9.14. The Morgan fingerprint density at radius 1 is 1.25 bits per heavy atom. The fourth-order valence-corrected chi connectivity index (χ4v) is 4.04. The van der Waals surface area contributed by atoms with Crippen LogP contribution in [0.1, 0.15) is 18.4 Å². The largest absolute Gasteiger partial charge is 0.416 e. The zero-order chi connectivity index (χ0) is 20.5. The lowest BCUT2D eigenvalue weighted by Crippen LogP contribution is -2.44. The van der Waals surface area contributed by atoms with Crippen molar-refractivity contribution in [3.8, 4) is 0 Å². The third-order valence-electron chi connectivity index (χ3n) is 5.60. The number of hydrogen-bond donors (Lipinski definition) is 1. The molecule has 2 fully saturated rings. The molecule has 1 unspecified atom stereocenters. The first-order valence-corrected chi connectivity index (χ1v) is 9.14. The number of nitrogens with zero attached hydrogens (tertiary/aromatic N) is 2. The Labute approximate surface area is 161 Å². The van der Waals surface area contributed by atoms with E-state index in [1.165, 1.54) is 21.9 Å². The third kappa shape index (κ3) is 4.09. The highest BCUT2D eigenvalue weighted by molar-refractivity contribution is 5.91. The van der Waals surface area contributed by atoms with Crippen LogP contribution in [0.25, 0.3) is 0 Å². The molecule has 28 heavy (non-hydrogen) atoms. The molecule has 154 valence electrons. The van der Waals surface area contributed by atoms with E-state index in [4.69, 9.17) is 4.74 Å². The molecular weight excluding hydrogens is 375 g/mol. The van der Waals surface area contributed by atoms with E-state index in [0.29, 0.717) is 32.6 Å². The van der Waals surface area contributed by atoms with Crippen LogP contribution in [0.15, 0.2) is 24.3 Å². The standard InChI is InChI=1S/C19H24F3N3O3/c1-24(2)16(26)15-11-25(12-18(15)6-8-28-9-7-18)17(27)23-14-5-3-4-13(10-14)19(20,21)22/h3-5,10,15H,6-9,11-12H2,1-2H3,(H,23,27). The highest BCUT2D eigenvalue weighted by Crippen LogP contribution is 2.45. The molecule has 2 aliphatic rings. The molecule has 1 spiro atoms. The Hall–Kier alpha value is -2.29. The number of likely N-dealkylation sites (tertiary alicyclic amines) is 1. The number of benzene rings is 1. The number of anilines is 1. The molecule has 6 nitrogen and oxygen atoms in total. The second-order valence-electron chi connectivity index (χ2n) is 7.65. The van der Waals surface area contributed by atoms with Crippen molar-refractivity contribution in [3.63, 3.8) is 0 Å². The van der Waals surface area contributed by atoms with Gasteiger partial charge < -0.3 is 19.9 Å². The minimum Gasteiger partial charge on any atom is -0.381 e. The summed E-state index contributed by atoms with van der Waals surface area (Å²) >= 11 is 0. The highest BCUT2D eigenvalue weighted by Gasteiger charge is 2.52. The molecular formula is C19H24F3N3O3. The van der Waals surface area contributed by atoms with Crippen LogP contribution < -0.4 is 5.32 Å². The minimum absolute atomic E-state index is 0.0451. The van der Waals surface area contributed by atoms with Crippen molar-refractivity contribution >= 4 is 17.6 Å². The normalized spacial score (nSPS) is 21.6. The van der Waals surface area contributed by atoms with Gasteiger partial charge in [-0.25, -0.2) is 4.79 Å². The summed E-state index contributed by atoms with van der Waals surface area (Å²) < 4.78 is 44.1. The maximum atomic E-state index is 12.9. The molecule has 1 aromatic rings. The molecule has 0 aliphatic carbocycles. The van der Waals surface area contributed by atoms with Gasteiger partial charge in [0.2, 0.25) is 5.91 Å². The molecule has 0 radical (unpaired) electrons. The van der Waals surface area contributed by atoms with Gasteiger partial charge in [0.25, 0.3) is 0 Å². The molecule has 1 N–H and O–H groups in total. The molecule has 3 amide bonds. The third-order valence-corrected chi connectivity index (χ3v) is 5.60. The van der Waals surface area contributed by atoms with Gasteiger partial charge in [-0.15, -0.1) is 0 Å². The molecule has 2 saturated heterocycles. The van der Waals surface area contributed by atoms with E-state index in [2.05, 4.69) is 5.32 Å². The Balaban J connectivity index is 1.76. The van der Waals surface area contributed by atoms with Gasteiger partial charge in [0.05, 0.1) is 11.5 Å². The van der Waals surface area contributed by atoms with Crippen molar-refractivity contribution in [3.05, 3.63) is 29.8 Å². The second kappa shape index (κ2) is 7.62. The van der Waals surface area contributed by atoms with E-state index in [-0.39, 0.29) is 29.5 Å². The van der Waals surface area contributed by atoms with Gasteiger partial charge in [-0.2, -0.15) is 13.2 Å². The van der Waals surface area contributed by atoms with Crippen molar-refractivity contribution in [2.75, 3.05) is 45.7 Å². The van der Waals surface area contributed by atoms with Crippen LogP contribution in [0.5, 0.6) is 0 Å². The lowest BCUT2D eigenvalue weighted by atomic mass is 9.71. The SMILES string of the molecule is CN(C)C(=O)C1CN(C(=O)Nc2cccc(C(F)(F)F)c2)CC12CCOCC2. The lowest BCUT2D eigenvalue weighted by Gasteiger charge is -2.37. The van der Waals surface area contributed by atoms with Crippen LogP contribution in [0.4, 0.5) is 23.7 Å². The van der Waals surface area contributed by atoms with E-state index in [1.54, 1.807) is 14.1 Å². The number of carbonyl (C=O) groups excluding carboxylic acids is 2. The number of nitrogens with one attached hydrogen (secondary N) is 1. The molecule has 1 atom stereocenters. The Bertz CT molecular complexity index is 745. The molecule has 2 heterocycles. The average molecular weight is 399 g/mol. The number of alkyl halides is 3. The van der Waals surface area contributed by atoms with E-state index >= 15 is 0 Å². The predicted octanol–water partition coefficient (Wildman–Crippen LogP) is 3.05. The van der Waals surface area contributed by atoms with E-state index in [1.807, 2.05) is 0 Å². The number of urea groups is 1. The average Bonchev–Trinajstić information content (AvgIpc) is 3.00. The summed E-state index contributed by atoms with van der Waals surface area (Å²) in [6, 6.07) is 4.02. The van der Waals surface area contributed by atoms with Crippen molar-refractivity contribution in [2.45, 2.75) is 19.0 Å². The summed E-state index contributed by atoms with van der Waals surface area (Å²) in [5.74, 6) is -0.394. The van der Waals surface area contributed by atoms with Crippen LogP contribution in [0, 0.1) is 11.3 Å².